The number of carbonyl (C=O) groups is 1. The summed E-state index contributed by atoms with van der Waals surface area (Å²) in [6.07, 6.45) is 6.45. The maximum absolute atomic E-state index is 12.8. The van der Waals surface area contributed by atoms with E-state index >= 15 is 0 Å². The minimum Gasteiger partial charge on any atom is -0.467 e. The van der Waals surface area contributed by atoms with Crippen LogP contribution in [0.5, 0.6) is 0 Å². The fourth-order valence-electron chi connectivity index (χ4n) is 3.30. The van der Waals surface area contributed by atoms with Crippen molar-refractivity contribution in [2.24, 2.45) is 11.8 Å². The Morgan fingerprint density at radius 1 is 1.45 bits per heavy atom. The summed E-state index contributed by atoms with van der Waals surface area (Å²) in [6.45, 7) is 4.66. The van der Waals surface area contributed by atoms with Gasteiger partial charge in [0, 0.05) is 12.0 Å². The lowest BCUT2D eigenvalue weighted by atomic mass is 9.87. The second kappa shape index (κ2) is 6.00. The molecule has 4 nitrogen and oxygen atoms in total. The highest BCUT2D eigenvalue weighted by Gasteiger charge is 2.35. The van der Waals surface area contributed by atoms with Gasteiger partial charge in [0.15, 0.2) is 0 Å². The molecule has 1 saturated carbocycles. The van der Waals surface area contributed by atoms with Crippen molar-refractivity contribution in [1.82, 2.24) is 10.2 Å². The van der Waals surface area contributed by atoms with Crippen molar-refractivity contribution >= 4 is 5.91 Å². The first-order valence-corrected chi connectivity index (χ1v) is 7.79. The average Bonchev–Trinajstić information content (AvgIpc) is 3.05. The van der Waals surface area contributed by atoms with E-state index in [9.17, 15) is 4.79 Å². The van der Waals surface area contributed by atoms with Gasteiger partial charge in [-0.05, 0) is 44.0 Å². The predicted octanol–water partition coefficient (Wildman–Crippen LogP) is 2.41. The number of amides is 1. The molecule has 1 aromatic heterocycles. The second-order valence-electron chi connectivity index (χ2n) is 6.19. The summed E-state index contributed by atoms with van der Waals surface area (Å²) in [7, 11) is 0. The van der Waals surface area contributed by atoms with Gasteiger partial charge in [-0.1, -0.05) is 19.8 Å². The molecule has 1 amide bonds. The first-order chi connectivity index (χ1) is 9.75. The van der Waals surface area contributed by atoms with Crippen molar-refractivity contribution in [2.75, 3.05) is 13.1 Å². The maximum atomic E-state index is 12.8. The highest BCUT2D eigenvalue weighted by molar-refractivity contribution is 5.79. The Balaban J connectivity index is 1.71. The molecule has 1 atom stereocenters. The SMILES string of the molecule is CC(C(=O)N(Cc1ccco1)C1CCCC1)C1CNC1. The molecule has 1 aliphatic heterocycles. The summed E-state index contributed by atoms with van der Waals surface area (Å²) in [6, 6.07) is 4.26. The summed E-state index contributed by atoms with van der Waals surface area (Å²) >= 11 is 0. The Kier molecular flexibility index (Phi) is 4.10. The third-order valence-corrected chi connectivity index (χ3v) is 4.86. The molecule has 20 heavy (non-hydrogen) atoms. The fraction of sp³-hybridized carbons (Fsp3) is 0.688. The number of hydrogen-bond donors (Lipinski definition) is 1. The van der Waals surface area contributed by atoms with Crippen LogP contribution in [0.2, 0.25) is 0 Å². The van der Waals surface area contributed by atoms with Crippen molar-refractivity contribution in [1.29, 1.82) is 0 Å². The van der Waals surface area contributed by atoms with Crippen LogP contribution in [0, 0.1) is 11.8 Å². The molecule has 1 aromatic rings. The molecular weight excluding hydrogens is 252 g/mol. The van der Waals surface area contributed by atoms with E-state index < -0.39 is 0 Å². The summed E-state index contributed by atoms with van der Waals surface area (Å²) in [5, 5.41) is 3.26. The van der Waals surface area contributed by atoms with Gasteiger partial charge >= 0.3 is 0 Å². The highest BCUT2D eigenvalue weighted by atomic mass is 16.3. The van der Waals surface area contributed by atoms with Crippen LogP contribution in [-0.4, -0.2) is 29.9 Å². The zero-order chi connectivity index (χ0) is 13.9. The molecular formula is C16H24N2O2. The van der Waals surface area contributed by atoms with Crippen LogP contribution >= 0.6 is 0 Å². The van der Waals surface area contributed by atoms with Gasteiger partial charge in [0.1, 0.15) is 5.76 Å². The van der Waals surface area contributed by atoms with Crippen LogP contribution in [0.4, 0.5) is 0 Å². The largest absolute Gasteiger partial charge is 0.467 e. The van der Waals surface area contributed by atoms with E-state index in [0.29, 0.717) is 24.4 Å². The minimum absolute atomic E-state index is 0.117. The van der Waals surface area contributed by atoms with E-state index in [1.54, 1.807) is 6.26 Å². The van der Waals surface area contributed by atoms with Crippen molar-refractivity contribution in [3.05, 3.63) is 24.2 Å². The van der Waals surface area contributed by atoms with E-state index in [0.717, 1.165) is 31.7 Å². The lowest BCUT2D eigenvalue weighted by Crippen LogP contribution is -2.51. The lowest BCUT2D eigenvalue weighted by Gasteiger charge is -2.37. The van der Waals surface area contributed by atoms with Crippen LogP contribution in [-0.2, 0) is 11.3 Å². The van der Waals surface area contributed by atoms with E-state index in [2.05, 4.69) is 17.1 Å². The van der Waals surface area contributed by atoms with Gasteiger partial charge in [-0.2, -0.15) is 0 Å². The number of hydrogen-bond acceptors (Lipinski definition) is 3. The minimum atomic E-state index is 0.117. The van der Waals surface area contributed by atoms with Crippen LogP contribution in [0.15, 0.2) is 22.8 Å². The number of nitrogens with one attached hydrogen (secondary N) is 1. The molecule has 110 valence electrons. The zero-order valence-corrected chi connectivity index (χ0v) is 12.2. The molecule has 2 heterocycles. The predicted molar refractivity (Wildman–Crippen MR) is 77.0 cm³/mol. The maximum Gasteiger partial charge on any atom is 0.226 e. The van der Waals surface area contributed by atoms with Gasteiger partial charge in [-0.3, -0.25) is 4.79 Å². The first-order valence-electron chi connectivity index (χ1n) is 7.79. The van der Waals surface area contributed by atoms with Gasteiger partial charge < -0.3 is 14.6 Å². The first kappa shape index (κ1) is 13.7. The van der Waals surface area contributed by atoms with Gasteiger partial charge in [0.05, 0.1) is 12.8 Å². The second-order valence-corrected chi connectivity index (χ2v) is 6.19. The Labute approximate surface area is 120 Å². The van der Waals surface area contributed by atoms with Gasteiger partial charge in [0.25, 0.3) is 0 Å². The molecule has 2 fully saturated rings. The Bertz CT molecular complexity index is 433. The third-order valence-electron chi connectivity index (χ3n) is 4.86. The number of rotatable bonds is 5. The number of furan rings is 1. The average molecular weight is 276 g/mol. The zero-order valence-electron chi connectivity index (χ0n) is 12.2. The molecule has 0 bridgehead atoms. The topological polar surface area (TPSA) is 45.5 Å². The number of carbonyl (C=O) groups excluding carboxylic acids is 1. The fourth-order valence-corrected chi connectivity index (χ4v) is 3.30. The molecule has 3 rings (SSSR count). The molecule has 4 heteroatoms. The summed E-state index contributed by atoms with van der Waals surface area (Å²) in [5.74, 6) is 1.82. The van der Waals surface area contributed by atoms with Gasteiger partial charge in [0.2, 0.25) is 5.91 Å². The molecule has 0 radical (unpaired) electrons. The molecule has 1 aliphatic carbocycles. The Morgan fingerprint density at radius 2 is 2.20 bits per heavy atom. The molecule has 1 unspecified atom stereocenters. The van der Waals surface area contributed by atoms with Crippen LogP contribution in [0.25, 0.3) is 0 Å². The number of nitrogens with zero attached hydrogens (tertiary/aromatic N) is 1. The highest BCUT2D eigenvalue weighted by Crippen LogP contribution is 2.28. The van der Waals surface area contributed by atoms with Gasteiger partial charge in [-0.25, -0.2) is 0 Å². The smallest absolute Gasteiger partial charge is 0.226 e. The van der Waals surface area contributed by atoms with E-state index in [-0.39, 0.29) is 5.92 Å². The normalized spacial score (nSPS) is 21.6. The van der Waals surface area contributed by atoms with Crippen LogP contribution < -0.4 is 5.32 Å². The standard InChI is InChI=1S/C16H24N2O2/c1-12(13-9-17-10-13)16(19)18(14-5-2-3-6-14)11-15-7-4-8-20-15/h4,7-8,12-14,17H,2-3,5-6,9-11H2,1H3. The van der Waals surface area contributed by atoms with Crippen molar-refractivity contribution in [3.8, 4) is 0 Å². The van der Waals surface area contributed by atoms with Crippen molar-refractivity contribution in [3.63, 3.8) is 0 Å². The molecule has 1 N–H and O–H groups in total. The summed E-state index contributed by atoms with van der Waals surface area (Å²) < 4.78 is 5.45. The monoisotopic (exact) mass is 276 g/mol. The summed E-state index contributed by atoms with van der Waals surface area (Å²) in [4.78, 5) is 14.9. The third kappa shape index (κ3) is 2.75. The van der Waals surface area contributed by atoms with Crippen molar-refractivity contribution in [2.45, 2.75) is 45.2 Å². The Hall–Kier alpha value is -1.29. The quantitative estimate of drug-likeness (QED) is 0.898. The molecule has 2 aliphatic rings. The van der Waals surface area contributed by atoms with Crippen molar-refractivity contribution < 1.29 is 9.21 Å². The molecule has 1 saturated heterocycles. The molecule has 0 aromatic carbocycles. The van der Waals surface area contributed by atoms with Crippen LogP contribution in [0.1, 0.15) is 38.4 Å². The van der Waals surface area contributed by atoms with Gasteiger partial charge in [-0.15, -0.1) is 0 Å². The van der Waals surface area contributed by atoms with E-state index in [1.807, 2.05) is 12.1 Å². The lowest BCUT2D eigenvalue weighted by molar-refractivity contribution is -0.140. The Morgan fingerprint density at radius 3 is 2.75 bits per heavy atom. The van der Waals surface area contributed by atoms with E-state index in [4.69, 9.17) is 4.42 Å². The molecule has 0 spiro atoms. The van der Waals surface area contributed by atoms with Crippen LogP contribution in [0.3, 0.4) is 0 Å². The van der Waals surface area contributed by atoms with E-state index in [1.165, 1.54) is 12.8 Å². The summed E-state index contributed by atoms with van der Waals surface area (Å²) in [5.41, 5.74) is 0.